The molecule has 2 aromatic rings. The van der Waals surface area contributed by atoms with Crippen LogP contribution in [0.1, 0.15) is 93.2 Å². The molecule has 8 nitrogen and oxygen atoms in total. The SMILES string of the molecule is CC(C)(C)[Si]1(C(C)(C)C)OC[C@@]2(C)C3C[C@H](O)[C@@]4(C)Oc5cc(-c6cccnc6)oc(=O)c5C(O)C4[C@@]3(C)CC[C@@H]2O1. The van der Waals surface area contributed by atoms with Crippen molar-refractivity contribution in [3.05, 3.63) is 46.6 Å². The van der Waals surface area contributed by atoms with E-state index in [-0.39, 0.29) is 38.8 Å². The maximum atomic E-state index is 13.4. The molecule has 0 amide bonds. The van der Waals surface area contributed by atoms with Gasteiger partial charge in [-0.25, -0.2) is 4.79 Å². The molecule has 3 fully saturated rings. The molecule has 0 spiro atoms. The van der Waals surface area contributed by atoms with Crippen molar-refractivity contribution in [3.8, 4) is 17.1 Å². The fourth-order valence-electron chi connectivity index (χ4n) is 9.64. The van der Waals surface area contributed by atoms with Crippen LogP contribution >= 0.6 is 0 Å². The van der Waals surface area contributed by atoms with E-state index in [1.54, 1.807) is 30.6 Å². The lowest BCUT2D eigenvalue weighted by atomic mass is 9.42. The summed E-state index contributed by atoms with van der Waals surface area (Å²) in [4.78, 5) is 17.5. The molecule has 2 N–H and O–H groups in total. The molecule has 9 heteroatoms. The summed E-state index contributed by atoms with van der Waals surface area (Å²) in [5, 5.41) is 23.7. The van der Waals surface area contributed by atoms with Crippen molar-refractivity contribution in [2.24, 2.45) is 22.7 Å². The van der Waals surface area contributed by atoms with E-state index in [4.69, 9.17) is 18.0 Å². The summed E-state index contributed by atoms with van der Waals surface area (Å²) in [6.45, 7) is 20.2. The lowest BCUT2D eigenvalue weighted by Crippen LogP contribution is -2.74. The van der Waals surface area contributed by atoms with Gasteiger partial charge in [0.15, 0.2) is 0 Å². The molecule has 6 rings (SSSR count). The first-order chi connectivity index (χ1) is 19.4. The van der Waals surface area contributed by atoms with Gasteiger partial charge in [-0.3, -0.25) is 4.98 Å². The van der Waals surface area contributed by atoms with Crippen LogP contribution in [0.25, 0.3) is 11.3 Å². The fourth-order valence-corrected chi connectivity index (χ4v) is 14.8. The third kappa shape index (κ3) is 3.92. The van der Waals surface area contributed by atoms with E-state index in [9.17, 15) is 15.0 Å². The topological polar surface area (TPSA) is 111 Å². The molecule has 0 bridgehead atoms. The van der Waals surface area contributed by atoms with Crippen LogP contribution in [0.5, 0.6) is 5.75 Å². The first kappa shape index (κ1) is 30.0. The largest absolute Gasteiger partial charge is 0.484 e. The Kier molecular flexibility index (Phi) is 6.60. The molecule has 42 heavy (non-hydrogen) atoms. The fraction of sp³-hybridized carbons (Fsp3) is 0.697. The summed E-state index contributed by atoms with van der Waals surface area (Å²) >= 11 is 0. The Bertz CT molecular complexity index is 1420. The minimum absolute atomic E-state index is 0.0213. The zero-order valence-corrected chi connectivity index (χ0v) is 27.5. The number of nitrogens with zero attached hydrogens (tertiary/aromatic N) is 1. The number of aliphatic hydroxyl groups excluding tert-OH is 2. The molecule has 2 saturated carbocycles. The van der Waals surface area contributed by atoms with E-state index < -0.39 is 43.3 Å². The minimum atomic E-state index is -2.68. The zero-order valence-electron chi connectivity index (χ0n) is 26.5. The van der Waals surface area contributed by atoms with E-state index in [1.807, 2.05) is 6.92 Å². The smallest absolute Gasteiger partial charge is 0.349 e. The van der Waals surface area contributed by atoms with Crippen LogP contribution in [-0.4, -0.2) is 48.2 Å². The van der Waals surface area contributed by atoms with E-state index in [1.165, 1.54) is 0 Å². The van der Waals surface area contributed by atoms with Gasteiger partial charge in [0.2, 0.25) is 0 Å². The molecule has 4 heterocycles. The molecule has 0 radical (unpaired) electrons. The lowest BCUT2D eigenvalue weighted by Gasteiger charge is -2.69. The number of aromatic nitrogens is 1. The molecule has 2 aromatic heterocycles. The monoisotopic (exact) mass is 597 g/mol. The van der Waals surface area contributed by atoms with Crippen molar-refractivity contribution in [1.29, 1.82) is 0 Å². The van der Waals surface area contributed by atoms with Crippen LogP contribution in [0.2, 0.25) is 10.1 Å². The highest BCUT2D eigenvalue weighted by Crippen LogP contribution is 2.69. The number of aliphatic hydroxyl groups is 2. The van der Waals surface area contributed by atoms with Gasteiger partial charge < -0.3 is 28.2 Å². The van der Waals surface area contributed by atoms with Crippen LogP contribution in [0.3, 0.4) is 0 Å². The van der Waals surface area contributed by atoms with Gasteiger partial charge in [0.1, 0.15) is 22.7 Å². The van der Waals surface area contributed by atoms with E-state index in [0.29, 0.717) is 24.4 Å². The van der Waals surface area contributed by atoms with E-state index >= 15 is 0 Å². The van der Waals surface area contributed by atoms with Crippen molar-refractivity contribution in [3.63, 3.8) is 0 Å². The molecule has 0 aromatic carbocycles. The van der Waals surface area contributed by atoms with Gasteiger partial charge >= 0.3 is 14.2 Å². The highest BCUT2D eigenvalue weighted by molar-refractivity contribution is 6.73. The van der Waals surface area contributed by atoms with Gasteiger partial charge in [0.05, 0.1) is 18.3 Å². The Hall–Kier alpha value is -2.04. The number of rotatable bonds is 1. The van der Waals surface area contributed by atoms with Crippen molar-refractivity contribution in [1.82, 2.24) is 4.98 Å². The van der Waals surface area contributed by atoms with Crippen LogP contribution in [0.4, 0.5) is 0 Å². The first-order valence-corrected chi connectivity index (χ1v) is 17.2. The van der Waals surface area contributed by atoms with Gasteiger partial charge in [-0.05, 0) is 49.7 Å². The molecule has 2 aliphatic carbocycles. The Labute approximate surface area is 250 Å². The Morgan fingerprint density at radius 2 is 1.74 bits per heavy atom. The predicted molar refractivity (Wildman–Crippen MR) is 161 cm³/mol. The minimum Gasteiger partial charge on any atom is -0.484 e. The van der Waals surface area contributed by atoms with Crippen molar-refractivity contribution >= 4 is 8.56 Å². The summed E-state index contributed by atoms with van der Waals surface area (Å²) in [5.74, 6) is 0.00813. The highest BCUT2D eigenvalue weighted by Gasteiger charge is 2.72. The number of pyridine rings is 1. The number of hydrogen-bond donors (Lipinski definition) is 2. The maximum Gasteiger partial charge on any atom is 0.349 e. The molecule has 4 aliphatic rings. The Morgan fingerprint density at radius 1 is 1.05 bits per heavy atom. The second kappa shape index (κ2) is 9.24. The Morgan fingerprint density at radius 3 is 2.36 bits per heavy atom. The summed E-state index contributed by atoms with van der Waals surface area (Å²) in [6, 6.07) is 5.20. The average molecular weight is 598 g/mol. The van der Waals surface area contributed by atoms with Crippen LogP contribution in [0.15, 0.2) is 39.8 Å². The van der Waals surface area contributed by atoms with E-state index in [0.717, 1.165) is 12.8 Å². The molecular weight excluding hydrogens is 550 g/mol. The second-order valence-corrected chi connectivity index (χ2v) is 20.7. The third-order valence-electron chi connectivity index (χ3n) is 11.4. The van der Waals surface area contributed by atoms with Gasteiger partial charge in [-0.2, -0.15) is 0 Å². The van der Waals surface area contributed by atoms with Crippen molar-refractivity contribution in [2.45, 2.75) is 116 Å². The quantitative estimate of drug-likeness (QED) is 0.377. The lowest BCUT2D eigenvalue weighted by molar-refractivity contribution is -0.271. The van der Waals surface area contributed by atoms with Crippen molar-refractivity contribution < 1.29 is 28.2 Å². The van der Waals surface area contributed by atoms with Gasteiger partial charge in [-0.15, -0.1) is 0 Å². The maximum absolute atomic E-state index is 13.4. The molecular formula is C33H47NO7Si. The first-order valence-electron chi connectivity index (χ1n) is 15.3. The zero-order chi connectivity index (χ0) is 30.7. The normalized spacial score (nSPS) is 39.3. The van der Waals surface area contributed by atoms with E-state index in [2.05, 4.69) is 60.4 Å². The van der Waals surface area contributed by atoms with Gasteiger partial charge in [-0.1, -0.05) is 55.4 Å². The predicted octanol–water partition coefficient (Wildman–Crippen LogP) is 6.15. The van der Waals surface area contributed by atoms with Crippen LogP contribution < -0.4 is 10.4 Å². The third-order valence-corrected chi connectivity index (χ3v) is 16.5. The summed E-state index contributed by atoms with van der Waals surface area (Å²) in [7, 11) is -2.68. The number of hydrogen-bond acceptors (Lipinski definition) is 8. The average Bonchev–Trinajstić information content (AvgIpc) is 2.88. The van der Waals surface area contributed by atoms with Gasteiger partial charge in [0.25, 0.3) is 0 Å². The molecule has 2 aliphatic heterocycles. The molecule has 8 atom stereocenters. The number of ether oxygens (including phenoxy) is 1. The number of fused-ring (bicyclic) bond motifs is 6. The summed E-state index contributed by atoms with van der Waals surface area (Å²) < 4.78 is 26.5. The molecule has 1 saturated heterocycles. The molecule has 3 unspecified atom stereocenters. The van der Waals surface area contributed by atoms with Crippen molar-refractivity contribution in [2.75, 3.05) is 6.61 Å². The Balaban J connectivity index is 1.40. The highest BCUT2D eigenvalue weighted by atomic mass is 28.4. The van der Waals surface area contributed by atoms with Gasteiger partial charge in [0, 0.05) is 52.0 Å². The van der Waals surface area contributed by atoms with Crippen LogP contribution in [0, 0.1) is 22.7 Å². The molecule has 230 valence electrons. The summed E-state index contributed by atoms with van der Waals surface area (Å²) in [6.07, 6.45) is 3.27. The summed E-state index contributed by atoms with van der Waals surface area (Å²) in [5.41, 5.74) is -1.81. The standard InChI is InChI=1S/C33H47NO7Si/c1-29(2,3)42(30(4,5)6)38-18-32(8)22-16-23(35)33(9)27(31(22,7)13-12-24(32)41-42)26(36)25-21(40-33)15-20(39-28(25)37)19-11-10-14-34-17-19/h10-11,14-15,17,22-24,26-27,35-36H,12-13,16,18H2,1-9H3/t22?,23-,24-,26?,27?,31-,32-,33+/m0/s1. The second-order valence-electron chi connectivity index (χ2n) is 16.0. The van der Waals surface area contributed by atoms with Crippen LogP contribution in [-0.2, 0) is 8.85 Å².